The molecule has 0 atom stereocenters. The summed E-state index contributed by atoms with van der Waals surface area (Å²) in [6, 6.07) is 5.58. The second-order valence-corrected chi connectivity index (χ2v) is 4.19. The molecule has 0 fully saturated rings. The molecule has 0 saturated heterocycles. The van der Waals surface area contributed by atoms with Crippen LogP contribution in [0.4, 0.5) is 4.39 Å². The van der Waals surface area contributed by atoms with Crippen molar-refractivity contribution in [3.05, 3.63) is 47.8 Å². The smallest absolute Gasteiger partial charge is 0.254 e. The molecular weight excluding hydrogens is 277 g/mol. The second-order valence-electron chi connectivity index (χ2n) is 4.19. The minimum absolute atomic E-state index is 0.0908. The summed E-state index contributed by atoms with van der Waals surface area (Å²) >= 11 is 0. The highest BCUT2D eigenvalue weighted by Crippen LogP contribution is 2.05. The first kappa shape index (κ1) is 14.6. The van der Waals surface area contributed by atoms with E-state index in [-0.39, 0.29) is 18.0 Å². The van der Waals surface area contributed by atoms with Crippen molar-refractivity contribution in [2.45, 2.75) is 6.42 Å². The largest absolute Gasteiger partial charge is 0.354 e. The molecule has 3 N–H and O–H groups in total. The summed E-state index contributed by atoms with van der Waals surface area (Å²) in [5.41, 5.74) is -0.0908. The zero-order chi connectivity index (χ0) is 15.1. The van der Waals surface area contributed by atoms with Gasteiger partial charge in [-0.1, -0.05) is 12.1 Å². The topological polar surface area (TPSA) is 99.8 Å². The molecule has 0 aliphatic rings. The summed E-state index contributed by atoms with van der Waals surface area (Å²) in [6.45, 7) is 0.146. The molecular formula is C13H14FN5O2. The van der Waals surface area contributed by atoms with E-state index in [1.165, 1.54) is 24.5 Å². The van der Waals surface area contributed by atoms with Crippen LogP contribution in [0.3, 0.4) is 0 Å². The molecule has 2 rings (SSSR count). The standard InChI is InChI=1S/C13H14FN5O2/c14-10-4-2-1-3-9(10)13(21)16-7-12(20)15-6-5-11-17-8-18-19-11/h1-4,8H,5-7H2,(H,15,20)(H,16,21)(H,17,18,19). The number of H-pyrrole nitrogens is 1. The van der Waals surface area contributed by atoms with Gasteiger partial charge in [0.15, 0.2) is 0 Å². The molecule has 0 unspecified atom stereocenters. The van der Waals surface area contributed by atoms with Gasteiger partial charge >= 0.3 is 0 Å². The van der Waals surface area contributed by atoms with Gasteiger partial charge in [-0.05, 0) is 12.1 Å². The summed E-state index contributed by atoms with van der Waals surface area (Å²) in [5, 5.41) is 11.3. The first-order valence-corrected chi connectivity index (χ1v) is 6.30. The Hall–Kier alpha value is -2.77. The third kappa shape index (κ3) is 4.37. The summed E-state index contributed by atoms with van der Waals surface area (Å²) in [7, 11) is 0. The summed E-state index contributed by atoms with van der Waals surface area (Å²) in [4.78, 5) is 27.1. The Balaban J connectivity index is 1.71. The highest BCUT2D eigenvalue weighted by Gasteiger charge is 2.11. The molecule has 0 aliphatic carbocycles. The number of hydrogen-bond acceptors (Lipinski definition) is 4. The van der Waals surface area contributed by atoms with Crippen molar-refractivity contribution < 1.29 is 14.0 Å². The van der Waals surface area contributed by atoms with E-state index >= 15 is 0 Å². The van der Waals surface area contributed by atoms with Gasteiger partial charge in [0.05, 0.1) is 12.1 Å². The van der Waals surface area contributed by atoms with Crippen LogP contribution in [0.5, 0.6) is 0 Å². The monoisotopic (exact) mass is 291 g/mol. The molecule has 0 saturated carbocycles. The summed E-state index contributed by atoms with van der Waals surface area (Å²) in [6.07, 6.45) is 1.89. The van der Waals surface area contributed by atoms with Crippen LogP contribution in [0.1, 0.15) is 16.2 Å². The highest BCUT2D eigenvalue weighted by molar-refractivity contribution is 5.96. The van der Waals surface area contributed by atoms with Crippen molar-refractivity contribution in [1.29, 1.82) is 0 Å². The summed E-state index contributed by atoms with van der Waals surface area (Å²) < 4.78 is 13.3. The van der Waals surface area contributed by atoms with E-state index in [1.54, 1.807) is 6.07 Å². The molecule has 0 bridgehead atoms. The number of amides is 2. The Morgan fingerprint density at radius 3 is 2.76 bits per heavy atom. The van der Waals surface area contributed by atoms with E-state index in [9.17, 15) is 14.0 Å². The van der Waals surface area contributed by atoms with Crippen LogP contribution in [-0.4, -0.2) is 40.1 Å². The number of benzene rings is 1. The van der Waals surface area contributed by atoms with Crippen LogP contribution < -0.4 is 10.6 Å². The number of aromatic nitrogens is 3. The number of nitrogens with zero attached hydrogens (tertiary/aromatic N) is 2. The van der Waals surface area contributed by atoms with Gasteiger partial charge < -0.3 is 10.6 Å². The average molecular weight is 291 g/mol. The lowest BCUT2D eigenvalue weighted by atomic mass is 10.2. The van der Waals surface area contributed by atoms with Crippen molar-refractivity contribution >= 4 is 11.8 Å². The molecule has 0 aliphatic heterocycles. The lowest BCUT2D eigenvalue weighted by molar-refractivity contribution is -0.120. The van der Waals surface area contributed by atoms with Gasteiger partial charge in [-0.3, -0.25) is 14.7 Å². The van der Waals surface area contributed by atoms with Gasteiger partial charge in [0, 0.05) is 13.0 Å². The van der Waals surface area contributed by atoms with Crippen molar-refractivity contribution in [1.82, 2.24) is 25.8 Å². The fraction of sp³-hybridized carbons (Fsp3) is 0.231. The summed E-state index contributed by atoms with van der Waals surface area (Å²) in [5.74, 6) is -0.955. The number of carbonyl (C=O) groups excluding carboxylic acids is 2. The third-order valence-corrected chi connectivity index (χ3v) is 2.68. The molecule has 1 heterocycles. The lowest BCUT2D eigenvalue weighted by Gasteiger charge is -2.06. The van der Waals surface area contributed by atoms with E-state index in [1.807, 2.05) is 0 Å². The van der Waals surface area contributed by atoms with Crippen molar-refractivity contribution in [3.8, 4) is 0 Å². The predicted molar refractivity (Wildman–Crippen MR) is 71.8 cm³/mol. The van der Waals surface area contributed by atoms with Gasteiger partial charge in [0.2, 0.25) is 5.91 Å². The van der Waals surface area contributed by atoms with Crippen molar-refractivity contribution in [3.63, 3.8) is 0 Å². The minimum atomic E-state index is -0.626. The van der Waals surface area contributed by atoms with E-state index < -0.39 is 11.7 Å². The van der Waals surface area contributed by atoms with Gasteiger partial charge in [-0.25, -0.2) is 9.37 Å². The SMILES string of the molecule is O=C(CNC(=O)c1ccccc1F)NCCc1ncn[nH]1. The molecule has 21 heavy (non-hydrogen) atoms. The molecule has 2 amide bonds. The van der Waals surface area contributed by atoms with E-state index in [0.29, 0.717) is 18.8 Å². The molecule has 2 aromatic rings. The van der Waals surface area contributed by atoms with Crippen molar-refractivity contribution in [2.24, 2.45) is 0 Å². The molecule has 8 heteroatoms. The Morgan fingerprint density at radius 2 is 2.05 bits per heavy atom. The number of hydrogen-bond donors (Lipinski definition) is 3. The quantitative estimate of drug-likeness (QED) is 0.699. The van der Waals surface area contributed by atoms with Crippen LogP contribution >= 0.6 is 0 Å². The maximum absolute atomic E-state index is 13.3. The maximum atomic E-state index is 13.3. The lowest BCUT2D eigenvalue weighted by Crippen LogP contribution is -2.38. The number of carbonyl (C=O) groups is 2. The van der Waals surface area contributed by atoms with Gasteiger partial charge in [-0.15, -0.1) is 0 Å². The van der Waals surface area contributed by atoms with E-state index in [2.05, 4.69) is 25.8 Å². The Morgan fingerprint density at radius 1 is 1.24 bits per heavy atom. The average Bonchev–Trinajstić information content (AvgIpc) is 2.98. The fourth-order valence-corrected chi connectivity index (χ4v) is 1.64. The molecule has 7 nitrogen and oxygen atoms in total. The number of rotatable bonds is 6. The van der Waals surface area contributed by atoms with Crippen LogP contribution in [0.2, 0.25) is 0 Å². The first-order valence-electron chi connectivity index (χ1n) is 6.30. The first-order chi connectivity index (χ1) is 10.2. The number of aromatic amines is 1. The Kier molecular flexibility index (Phi) is 4.97. The minimum Gasteiger partial charge on any atom is -0.354 e. The van der Waals surface area contributed by atoms with E-state index in [4.69, 9.17) is 0 Å². The van der Waals surface area contributed by atoms with Crippen LogP contribution in [-0.2, 0) is 11.2 Å². The fourth-order valence-electron chi connectivity index (χ4n) is 1.64. The van der Waals surface area contributed by atoms with Crippen LogP contribution in [0.25, 0.3) is 0 Å². The molecule has 1 aromatic heterocycles. The molecule has 1 aromatic carbocycles. The maximum Gasteiger partial charge on any atom is 0.254 e. The molecule has 110 valence electrons. The zero-order valence-corrected chi connectivity index (χ0v) is 11.1. The van der Waals surface area contributed by atoms with Crippen molar-refractivity contribution in [2.75, 3.05) is 13.1 Å². The second kappa shape index (κ2) is 7.13. The Labute approximate surface area is 120 Å². The highest BCUT2D eigenvalue weighted by atomic mass is 19.1. The third-order valence-electron chi connectivity index (χ3n) is 2.68. The molecule has 0 radical (unpaired) electrons. The zero-order valence-electron chi connectivity index (χ0n) is 11.1. The van der Waals surface area contributed by atoms with Gasteiger partial charge in [0.1, 0.15) is 18.0 Å². The van der Waals surface area contributed by atoms with Crippen LogP contribution in [0.15, 0.2) is 30.6 Å². The number of nitrogens with one attached hydrogen (secondary N) is 3. The normalized spacial score (nSPS) is 10.1. The number of halogens is 1. The predicted octanol–water partition coefficient (Wildman–Crippen LogP) is 0.0325. The Bertz CT molecular complexity index is 615. The van der Waals surface area contributed by atoms with Gasteiger partial charge in [-0.2, -0.15) is 5.10 Å². The van der Waals surface area contributed by atoms with Crippen LogP contribution in [0, 0.1) is 5.82 Å². The van der Waals surface area contributed by atoms with E-state index in [0.717, 1.165) is 0 Å². The van der Waals surface area contributed by atoms with Gasteiger partial charge in [0.25, 0.3) is 5.91 Å². The molecule has 0 spiro atoms.